The Hall–Kier alpha value is -8.47. The van der Waals surface area contributed by atoms with Gasteiger partial charge in [0.15, 0.2) is 0 Å². The molecule has 9 aromatic carbocycles. The number of hydrogen-bond donors (Lipinski definition) is 0. The molecule has 0 N–H and O–H groups in total. The molecule has 63 heavy (non-hydrogen) atoms. The number of hydrogen-bond acceptors (Lipinski definition) is 1. The lowest BCUT2D eigenvalue weighted by Gasteiger charge is -2.13. The zero-order valence-corrected chi connectivity index (χ0v) is 34.2. The number of nitrogens with zero attached hydrogens (tertiary/aromatic N) is 4. The molecule has 0 fully saturated rings. The molecule has 13 rings (SSSR count). The number of pyridine rings is 1. The lowest BCUT2D eigenvalue weighted by Crippen LogP contribution is -2.00. The van der Waals surface area contributed by atoms with Crippen LogP contribution in [0.4, 0.5) is 0 Å². The van der Waals surface area contributed by atoms with Crippen LogP contribution >= 0.6 is 0 Å². The summed E-state index contributed by atoms with van der Waals surface area (Å²) in [6.07, 6.45) is 0. The van der Waals surface area contributed by atoms with E-state index in [1.54, 1.807) is 0 Å². The van der Waals surface area contributed by atoms with E-state index in [-0.39, 0.29) is 0 Å². The first-order valence-corrected chi connectivity index (χ1v) is 21.5. The van der Waals surface area contributed by atoms with Crippen LogP contribution in [0.5, 0.6) is 0 Å². The monoisotopic (exact) mass is 802 g/mol. The fraction of sp³-hybridized carbons (Fsp3) is 0. The summed E-state index contributed by atoms with van der Waals surface area (Å²) in [6.45, 7) is 0. The SMILES string of the molecule is c1ccc(-c2cc(-c3ccccc3)nc(-n3c4ccccc4c4cc(-c5ccc6c(c5)c5ccccc5n6-c5ccc6c(c5)c5ccccc5n6-c5ccccc5)ccc43)c2)cc1. The second kappa shape index (κ2) is 14.1. The molecule has 4 heteroatoms. The molecule has 0 amide bonds. The Morgan fingerprint density at radius 1 is 0.238 bits per heavy atom. The Kier molecular flexibility index (Phi) is 7.87. The average molecular weight is 803 g/mol. The van der Waals surface area contributed by atoms with Gasteiger partial charge in [-0.2, -0.15) is 0 Å². The first kappa shape index (κ1) is 35.3. The highest BCUT2D eigenvalue weighted by atomic mass is 15.1. The van der Waals surface area contributed by atoms with Crippen molar-refractivity contribution in [2.75, 3.05) is 0 Å². The third-order valence-corrected chi connectivity index (χ3v) is 12.8. The predicted molar refractivity (Wildman–Crippen MR) is 264 cm³/mol. The van der Waals surface area contributed by atoms with E-state index in [9.17, 15) is 0 Å². The highest BCUT2D eigenvalue weighted by molar-refractivity contribution is 6.14. The number of benzene rings is 9. The van der Waals surface area contributed by atoms with E-state index < -0.39 is 0 Å². The largest absolute Gasteiger partial charge is 0.309 e. The van der Waals surface area contributed by atoms with Crippen molar-refractivity contribution in [2.45, 2.75) is 0 Å². The maximum atomic E-state index is 5.35. The highest BCUT2D eigenvalue weighted by Crippen LogP contribution is 2.40. The molecule has 294 valence electrons. The minimum atomic E-state index is 0.895. The molecule has 0 aliphatic carbocycles. The van der Waals surface area contributed by atoms with E-state index in [1.807, 2.05) is 0 Å². The fourth-order valence-corrected chi connectivity index (χ4v) is 9.97. The van der Waals surface area contributed by atoms with Gasteiger partial charge in [-0.15, -0.1) is 0 Å². The van der Waals surface area contributed by atoms with Crippen LogP contribution in [0.2, 0.25) is 0 Å². The Morgan fingerprint density at radius 2 is 0.667 bits per heavy atom. The van der Waals surface area contributed by atoms with Gasteiger partial charge in [-0.25, -0.2) is 4.98 Å². The molecular weight excluding hydrogens is 765 g/mol. The van der Waals surface area contributed by atoms with Gasteiger partial charge in [-0.05, 0) is 107 Å². The molecule has 0 atom stereocenters. The van der Waals surface area contributed by atoms with Gasteiger partial charge >= 0.3 is 0 Å². The van der Waals surface area contributed by atoms with Gasteiger partial charge in [0.2, 0.25) is 0 Å². The smallest absolute Gasteiger partial charge is 0.138 e. The van der Waals surface area contributed by atoms with Crippen LogP contribution in [0.25, 0.3) is 116 Å². The van der Waals surface area contributed by atoms with Crippen molar-refractivity contribution in [1.82, 2.24) is 18.7 Å². The minimum absolute atomic E-state index is 0.895. The van der Waals surface area contributed by atoms with Crippen LogP contribution in [-0.4, -0.2) is 18.7 Å². The first-order valence-electron chi connectivity index (χ1n) is 21.5. The summed E-state index contributed by atoms with van der Waals surface area (Å²) in [5.41, 5.74) is 16.0. The lowest BCUT2D eigenvalue weighted by atomic mass is 10.0. The fourth-order valence-electron chi connectivity index (χ4n) is 9.97. The van der Waals surface area contributed by atoms with Crippen LogP contribution in [0.1, 0.15) is 0 Å². The van der Waals surface area contributed by atoms with Crippen molar-refractivity contribution in [2.24, 2.45) is 0 Å². The second-order valence-corrected chi connectivity index (χ2v) is 16.4. The summed E-state index contributed by atoms with van der Waals surface area (Å²) in [7, 11) is 0. The molecule has 0 saturated carbocycles. The van der Waals surface area contributed by atoms with Crippen molar-refractivity contribution in [3.63, 3.8) is 0 Å². The van der Waals surface area contributed by atoms with E-state index in [2.05, 4.69) is 244 Å². The number of para-hydroxylation sites is 4. The molecule has 0 unspecified atom stereocenters. The zero-order chi connectivity index (χ0) is 41.4. The molecular formula is C59H38N4. The van der Waals surface area contributed by atoms with E-state index in [4.69, 9.17) is 4.98 Å². The zero-order valence-electron chi connectivity index (χ0n) is 34.2. The predicted octanol–water partition coefficient (Wildman–Crippen LogP) is 15.4. The van der Waals surface area contributed by atoms with Gasteiger partial charge < -0.3 is 9.13 Å². The normalized spacial score (nSPS) is 11.8. The molecule has 4 nitrogen and oxygen atoms in total. The summed E-state index contributed by atoms with van der Waals surface area (Å²) in [4.78, 5) is 5.35. The maximum absolute atomic E-state index is 5.35. The van der Waals surface area contributed by atoms with Gasteiger partial charge in [-0.1, -0.05) is 146 Å². The number of fused-ring (bicyclic) bond motifs is 9. The van der Waals surface area contributed by atoms with Crippen molar-refractivity contribution in [1.29, 1.82) is 0 Å². The first-order chi connectivity index (χ1) is 31.2. The van der Waals surface area contributed by atoms with Gasteiger partial charge in [0, 0.05) is 49.3 Å². The second-order valence-electron chi connectivity index (χ2n) is 16.4. The van der Waals surface area contributed by atoms with Gasteiger partial charge in [0.25, 0.3) is 0 Å². The maximum Gasteiger partial charge on any atom is 0.138 e. The molecule has 4 aromatic heterocycles. The molecule has 0 saturated heterocycles. The molecule has 0 aliphatic rings. The summed E-state index contributed by atoms with van der Waals surface area (Å²) >= 11 is 0. The topological polar surface area (TPSA) is 27.7 Å². The van der Waals surface area contributed by atoms with Gasteiger partial charge in [0.05, 0.1) is 38.8 Å². The molecule has 0 spiro atoms. The summed E-state index contributed by atoms with van der Waals surface area (Å²) in [6, 6.07) is 83.3. The molecule has 4 heterocycles. The van der Waals surface area contributed by atoms with Crippen LogP contribution in [-0.2, 0) is 0 Å². The highest BCUT2D eigenvalue weighted by Gasteiger charge is 2.19. The van der Waals surface area contributed by atoms with E-state index in [0.717, 1.165) is 50.6 Å². The van der Waals surface area contributed by atoms with Crippen molar-refractivity contribution < 1.29 is 0 Å². The van der Waals surface area contributed by atoms with Crippen LogP contribution in [0.15, 0.2) is 231 Å². The standard InChI is InChI=1S/C59H38N4/c1-4-16-39(17-5-1)43-36-52(40-18-6-2-7-19-40)60-59(37-43)63-55-27-15-12-23-47(55)50-35-42(29-32-58(50)63)41-28-31-56-49(34-41)46-22-10-14-26-54(46)62(56)45-30-33-57-51(38-45)48-24-11-13-25-53(48)61(57)44-20-8-3-9-21-44/h1-38H. The van der Waals surface area contributed by atoms with Crippen LogP contribution in [0.3, 0.4) is 0 Å². The third kappa shape index (κ3) is 5.59. The van der Waals surface area contributed by atoms with Crippen molar-refractivity contribution in [3.8, 4) is 50.7 Å². The van der Waals surface area contributed by atoms with Crippen molar-refractivity contribution >= 4 is 65.4 Å². The molecule has 0 radical (unpaired) electrons. The minimum Gasteiger partial charge on any atom is -0.309 e. The Morgan fingerprint density at radius 3 is 1.25 bits per heavy atom. The van der Waals surface area contributed by atoms with Gasteiger partial charge in [-0.3, -0.25) is 4.57 Å². The van der Waals surface area contributed by atoms with E-state index in [1.165, 1.54) is 65.5 Å². The number of rotatable bonds is 6. The van der Waals surface area contributed by atoms with E-state index >= 15 is 0 Å². The quantitative estimate of drug-likeness (QED) is 0.165. The van der Waals surface area contributed by atoms with Crippen molar-refractivity contribution in [3.05, 3.63) is 231 Å². The Labute approximate surface area is 363 Å². The lowest BCUT2D eigenvalue weighted by molar-refractivity contribution is 1.08. The summed E-state index contributed by atoms with van der Waals surface area (Å²) in [5.74, 6) is 0.895. The van der Waals surface area contributed by atoms with Crippen LogP contribution < -0.4 is 0 Å². The third-order valence-electron chi connectivity index (χ3n) is 12.8. The molecule has 13 aromatic rings. The van der Waals surface area contributed by atoms with Gasteiger partial charge in [0.1, 0.15) is 5.82 Å². The summed E-state index contributed by atoms with van der Waals surface area (Å²) in [5, 5.41) is 7.34. The number of aromatic nitrogens is 4. The molecule has 0 aliphatic heterocycles. The van der Waals surface area contributed by atoms with Crippen LogP contribution in [0, 0.1) is 0 Å². The Bertz CT molecular complexity index is 3830. The van der Waals surface area contributed by atoms with E-state index in [0.29, 0.717) is 0 Å². The summed E-state index contributed by atoms with van der Waals surface area (Å²) < 4.78 is 7.14. The Balaban J connectivity index is 0.966. The average Bonchev–Trinajstić information content (AvgIpc) is 3.99. The molecule has 0 bridgehead atoms.